The van der Waals surface area contributed by atoms with E-state index in [1.54, 1.807) is 6.07 Å². The molecule has 0 aliphatic carbocycles. The van der Waals surface area contributed by atoms with Crippen molar-refractivity contribution >= 4 is 17.5 Å². The van der Waals surface area contributed by atoms with Crippen molar-refractivity contribution in [3.05, 3.63) is 65.5 Å². The Morgan fingerprint density at radius 3 is 2.32 bits per heavy atom. The first-order valence-corrected chi connectivity index (χ1v) is 8.77. The molecule has 1 saturated heterocycles. The van der Waals surface area contributed by atoms with Gasteiger partial charge in [0.1, 0.15) is 5.82 Å². The van der Waals surface area contributed by atoms with Crippen molar-refractivity contribution in [2.24, 2.45) is 5.92 Å². The summed E-state index contributed by atoms with van der Waals surface area (Å²) < 4.78 is 52.1. The van der Waals surface area contributed by atoms with E-state index in [1.165, 1.54) is 35.2 Å². The number of anilines is 1. The predicted octanol–water partition coefficient (Wildman–Crippen LogP) is 4.34. The third-order valence-electron chi connectivity index (χ3n) is 4.71. The first-order valence-electron chi connectivity index (χ1n) is 8.77. The lowest BCUT2D eigenvalue weighted by molar-refractivity contribution is -0.137. The molecule has 1 aliphatic heterocycles. The second-order valence-electron chi connectivity index (χ2n) is 6.61. The van der Waals surface area contributed by atoms with Gasteiger partial charge in [0.05, 0.1) is 11.1 Å². The molecule has 0 aromatic heterocycles. The zero-order valence-electron chi connectivity index (χ0n) is 14.8. The smallest absolute Gasteiger partial charge is 0.339 e. The summed E-state index contributed by atoms with van der Waals surface area (Å²) in [5, 5.41) is 2.51. The Morgan fingerprint density at radius 2 is 1.68 bits per heavy atom. The molecular weight excluding hydrogens is 376 g/mol. The van der Waals surface area contributed by atoms with Crippen molar-refractivity contribution in [3.8, 4) is 0 Å². The van der Waals surface area contributed by atoms with Gasteiger partial charge in [-0.05, 0) is 43.2 Å². The molecule has 2 aromatic carbocycles. The van der Waals surface area contributed by atoms with Crippen molar-refractivity contribution in [1.29, 1.82) is 0 Å². The van der Waals surface area contributed by atoms with E-state index in [9.17, 15) is 27.2 Å². The summed E-state index contributed by atoms with van der Waals surface area (Å²) >= 11 is 0. The van der Waals surface area contributed by atoms with E-state index < -0.39 is 35.3 Å². The first-order chi connectivity index (χ1) is 13.3. The van der Waals surface area contributed by atoms with E-state index in [4.69, 9.17) is 0 Å². The van der Waals surface area contributed by atoms with Crippen LogP contribution in [0.2, 0.25) is 0 Å². The largest absolute Gasteiger partial charge is 0.416 e. The monoisotopic (exact) mass is 394 g/mol. The zero-order chi connectivity index (χ0) is 20.3. The van der Waals surface area contributed by atoms with Crippen LogP contribution in [-0.4, -0.2) is 29.8 Å². The predicted molar refractivity (Wildman–Crippen MR) is 95.1 cm³/mol. The van der Waals surface area contributed by atoms with E-state index in [-0.39, 0.29) is 24.3 Å². The number of nitrogens with zero attached hydrogens (tertiary/aromatic N) is 1. The molecule has 1 fully saturated rings. The average molecular weight is 394 g/mol. The van der Waals surface area contributed by atoms with Gasteiger partial charge in [-0.2, -0.15) is 13.2 Å². The number of likely N-dealkylation sites (tertiary alicyclic amines) is 1. The fourth-order valence-corrected chi connectivity index (χ4v) is 3.17. The first kappa shape index (κ1) is 19.9. The minimum Gasteiger partial charge on any atom is -0.339 e. The lowest BCUT2D eigenvalue weighted by Crippen LogP contribution is -2.41. The van der Waals surface area contributed by atoms with Crippen LogP contribution in [0.5, 0.6) is 0 Å². The van der Waals surface area contributed by atoms with Crippen LogP contribution < -0.4 is 5.32 Å². The summed E-state index contributed by atoms with van der Waals surface area (Å²) in [6.07, 6.45) is -3.78. The number of alkyl halides is 3. The standard InChI is InChI=1S/C20H18F4N2O2/c21-17-7-2-1-6-16(17)19(28)26-10-8-13(9-11-26)18(27)25-15-5-3-4-14(12-15)20(22,23)24/h1-7,12-13H,8-11H2,(H,25,27). The van der Waals surface area contributed by atoms with Gasteiger partial charge < -0.3 is 10.2 Å². The van der Waals surface area contributed by atoms with Crippen molar-refractivity contribution < 1.29 is 27.2 Å². The molecule has 0 radical (unpaired) electrons. The molecule has 148 valence electrons. The number of carbonyl (C=O) groups excluding carboxylic acids is 2. The van der Waals surface area contributed by atoms with Crippen molar-refractivity contribution in [3.63, 3.8) is 0 Å². The number of halogens is 4. The van der Waals surface area contributed by atoms with Gasteiger partial charge in [-0.3, -0.25) is 9.59 Å². The summed E-state index contributed by atoms with van der Waals surface area (Å²) in [6, 6.07) is 10.1. The van der Waals surface area contributed by atoms with Crippen LogP contribution in [0.3, 0.4) is 0 Å². The van der Waals surface area contributed by atoms with Gasteiger partial charge in [-0.25, -0.2) is 4.39 Å². The van der Waals surface area contributed by atoms with Gasteiger partial charge in [-0.1, -0.05) is 18.2 Å². The maximum absolute atomic E-state index is 13.8. The number of rotatable bonds is 3. The third-order valence-corrected chi connectivity index (χ3v) is 4.71. The molecule has 0 unspecified atom stereocenters. The van der Waals surface area contributed by atoms with Gasteiger partial charge in [0.2, 0.25) is 5.91 Å². The van der Waals surface area contributed by atoms with Crippen molar-refractivity contribution in [2.45, 2.75) is 19.0 Å². The van der Waals surface area contributed by atoms with Crippen LogP contribution in [0.4, 0.5) is 23.2 Å². The molecule has 8 heteroatoms. The number of benzene rings is 2. The summed E-state index contributed by atoms with van der Waals surface area (Å²) in [4.78, 5) is 26.3. The van der Waals surface area contributed by atoms with Gasteiger partial charge in [-0.15, -0.1) is 0 Å². The normalized spacial score (nSPS) is 15.4. The number of hydrogen-bond donors (Lipinski definition) is 1. The van der Waals surface area contributed by atoms with Crippen LogP contribution >= 0.6 is 0 Å². The highest BCUT2D eigenvalue weighted by atomic mass is 19.4. The lowest BCUT2D eigenvalue weighted by Gasteiger charge is -2.31. The maximum Gasteiger partial charge on any atom is 0.416 e. The fraction of sp³-hybridized carbons (Fsp3) is 0.300. The number of nitrogens with one attached hydrogen (secondary N) is 1. The second-order valence-corrected chi connectivity index (χ2v) is 6.61. The van der Waals surface area contributed by atoms with Gasteiger partial charge >= 0.3 is 6.18 Å². The summed E-state index contributed by atoms with van der Waals surface area (Å²) in [5.74, 6) is -1.86. The second kappa shape index (κ2) is 8.00. The Labute approximate surface area is 159 Å². The molecule has 0 atom stereocenters. The minimum absolute atomic E-state index is 0.0191. The van der Waals surface area contributed by atoms with E-state index in [2.05, 4.69) is 5.32 Å². The zero-order valence-corrected chi connectivity index (χ0v) is 14.8. The van der Waals surface area contributed by atoms with Crippen molar-refractivity contribution in [2.75, 3.05) is 18.4 Å². The number of hydrogen-bond acceptors (Lipinski definition) is 2. The molecule has 1 N–H and O–H groups in total. The van der Waals surface area contributed by atoms with E-state index in [1.807, 2.05) is 0 Å². The third kappa shape index (κ3) is 4.49. The quantitative estimate of drug-likeness (QED) is 0.788. The minimum atomic E-state index is -4.49. The lowest BCUT2D eigenvalue weighted by atomic mass is 9.95. The number of amides is 2. The van der Waals surface area contributed by atoms with Crippen LogP contribution in [0.15, 0.2) is 48.5 Å². The molecule has 3 rings (SSSR count). The highest BCUT2D eigenvalue weighted by Gasteiger charge is 2.31. The Bertz CT molecular complexity index is 875. The Kier molecular flexibility index (Phi) is 5.67. The molecule has 0 saturated carbocycles. The van der Waals surface area contributed by atoms with E-state index >= 15 is 0 Å². The maximum atomic E-state index is 13.8. The average Bonchev–Trinajstić information content (AvgIpc) is 2.67. The van der Waals surface area contributed by atoms with Crippen LogP contribution in [0.25, 0.3) is 0 Å². The number of piperidine rings is 1. The SMILES string of the molecule is O=C(Nc1cccc(C(F)(F)F)c1)C1CCN(C(=O)c2ccccc2F)CC1. The molecule has 2 aromatic rings. The van der Waals surface area contributed by atoms with Crippen LogP contribution in [-0.2, 0) is 11.0 Å². The van der Waals surface area contributed by atoms with Gasteiger partial charge in [0, 0.05) is 24.7 Å². The number of carbonyl (C=O) groups is 2. The van der Waals surface area contributed by atoms with Crippen LogP contribution in [0.1, 0.15) is 28.8 Å². The molecule has 4 nitrogen and oxygen atoms in total. The summed E-state index contributed by atoms with van der Waals surface area (Å²) in [5.41, 5.74) is -0.783. The molecule has 0 bridgehead atoms. The molecule has 2 amide bonds. The molecule has 1 aliphatic rings. The molecule has 28 heavy (non-hydrogen) atoms. The topological polar surface area (TPSA) is 49.4 Å². The summed E-state index contributed by atoms with van der Waals surface area (Å²) in [6.45, 7) is 0.543. The Balaban J connectivity index is 1.58. The highest BCUT2D eigenvalue weighted by Crippen LogP contribution is 2.31. The molecule has 0 spiro atoms. The Morgan fingerprint density at radius 1 is 1.00 bits per heavy atom. The molecular formula is C20H18F4N2O2. The van der Waals surface area contributed by atoms with Crippen molar-refractivity contribution in [1.82, 2.24) is 4.90 Å². The Hall–Kier alpha value is -2.90. The van der Waals surface area contributed by atoms with E-state index in [0.717, 1.165) is 12.1 Å². The van der Waals surface area contributed by atoms with Gasteiger partial charge in [0.15, 0.2) is 0 Å². The van der Waals surface area contributed by atoms with E-state index in [0.29, 0.717) is 12.8 Å². The van der Waals surface area contributed by atoms with Crippen LogP contribution in [0, 0.1) is 11.7 Å². The fourth-order valence-electron chi connectivity index (χ4n) is 3.17. The summed E-state index contributed by atoms with van der Waals surface area (Å²) in [7, 11) is 0. The molecule has 1 heterocycles. The highest BCUT2D eigenvalue weighted by molar-refractivity contribution is 5.95. The van der Waals surface area contributed by atoms with Gasteiger partial charge in [0.25, 0.3) is 5.91 Å².